The summed E-state index contributed by atoms with van der Waals surface area (Å²) in [6, 6.07) is 14.3. The fraction of sp³-hybridized carbons (Fsp3) is 0.227. The van der Waals surface area contributed by atoms with Gasteiger partial charge in [0.1, 0.15) is 0 Å². The number of carbonyl (C=O) groups is 1. The maximum atomic E-state index is 13.6. The molecule has 0 fully saturated rings. The molecule has 1 aliphatic rings. The maximum absolute atomic E-state index is 13.6. The molecule has 0 saturated carbocycles. The molecule has 0 aliphatic carbocycles. The van der Waals surface area contributed by atoms with Crippen LogP contribution in [-0.2, 0) is 6.42 Å². The van der Waals surface area contributed by atoms with Crippen LogP contribution in [-0.4, -0.2) is 27.2 Å². The van der Waals surface area contributed by atoms with Gasteiger partial charge in [-0.15, -0.1) is 11.3 Å². The van der Waals surface area contributed by atoms with Crippen LogP contribution in [0.2, 0.25) is 0 Å². The summed E-state index contributed by atoms with van der Waals surface area (Å²) in [4.78, 5) is 21.4. The molecule has 1 aromatic carbocycles. The number of aromatic nitrogens is 3. The molecule has 0 N–H and O–H groups in total. The second kappa shape index (κ2) is 6.56. The van der Waals surface area contributed by atoms with Crippen molar-refractivity contribution in [2.45, 2.75) is 26.3 Å². The minimum absolute atomic E-state index is 0.0125. The topological polar surface area (TPSA) is 51.0 Å². The summed E-state index contributed by atoms with van der Waals surface area (Å²) in [5.74, 6) is 0.0125. The Kier molecular flexibility index (Phi) is 4.02. The minimum Gasteiger partial charge on any atom is -0.308 e. The van der Waals surface area contributed by atoms with Crippen LogP contribution in [0.3, 0.4) is 0 Å². The molecule has 5 nitrogen and oxygen atoms in total. The summed E-state index contributed by atoms with van der Waals surface area (Å²) in [5, 5.41) is 7.35. The molecule has 1 amide bonds. The van der Waals surface area contributed by atoms with Gasteiger partial charge in [-0.1, -0.05) is 24.3 Å². The van der Waals surface area contributed by atoms with Gasteiger partial charge in [0.05, 0.1) is 27.7 Å². The summed E-state index contributed by atoms with van der Waals surface area (Å²) >= 11 is 1.63. The lowest BCUT2D eigenvalue weighted by atomic mass is 10.1. The summed E-state index contributed by atoms with van der Waals surface area (Å²) in [7, 11) is 0. The Morgan fingerprint density at radius 3 is 2.82 bits per heavy atom. The molecular formula is C22H20N4OS. The van der Waals surface area contributed by atoms with Gasteiger partial charge in [0.25, 0.3) is 5.91 Å². The average Bonchev–Trinajstić information content (AvgIpc) is 3.45. The first-order valence-electron chi connectivity index (χ1n) is 9.45. The van der Waals surface area contributed by atoms with Crippen molar-refractivity contribution in [1.29, 1.82) is 0 Å². The van der Waals surface area contributed by atoms with Crippen molar-refractivity contribution >= 4 is 34.0 Å². The predicted octanol–water partition coefficient (Wildman–Crippen LogP) is 4.94. The van der Waals surface area contributed by atoms with Crippen molar-refractivity contribution in [2.75, 3.05) is 11.4 Å². The molecule has 28 heavy (non-hydrogen) atoms. The second-order valence-corrected chi connectivity index (χ2v) is 8.24. The fourth-order valence-electron chi connectivity index (χ4n) is 3.82. The molecule has 1 aliphatic heterocycles. The van der Waals surface area contributed by atoms with Crippen LogP contribution in [0.5, 0.6) is 0 Å². The average molecular weight is 388 g/mol. The van der Waals surface area contributed by atoms with Crippen molar-refractivity contribution in [1.82, 2.24) is 14.8 Å². The number of anilines is 1. The van der Waals surface area contributed by atoms with Crippen LogP contribution in [0.25, 0.3) is 21.6 Å². The van der Waals surface area contributed by atoms with E-state index in [-0.39, 0.29) is 11.9 Å². The zero-order valence-corrected chi connectivity index (χ0v) is 16.6. The summed E-state index contributed by atoms with van der Waals surface area (Å²) < 4.78 is 1.89. The number of carbonyl (C=O) groups excluding carboxylic acids is 1. The minimum atomic E-state index is 0.0125. The third-order valence-corrected chi connectivity index (χ3v) is 6.08. The molecule has 4 aromatic rings. The van der Waals surface area contributed by atoms with Gasteiger partial charge in [-0.3, -0.25) is 4.79 Å². The van der Waals surface area contributed by atoms with Crippen molar-refractivity contribution < 1.29 is 4.79 Å². The quantitative estimate of drug-likeness (QED) is 0.499. The highest BCUT2D eigenvalue weighted by Crippen LogP contribution is 2.33. The number of nitrogens with zero attached hydrogens (tertiary/aromatic N) is 4. The van der Waals surface area contributed by atoms with E-state index in [4.69, 9.17) is 4.98 Å². The molecule has 140 valence electrons. The summed E-state index contributed by atoms with van der Waals surface area (Å²) in [6.07, 6.45) is 2.66. The Morgan fingerprint density at radius 1 is 1.18 bits per heavy atom. The van der Waals surface area contributed by atoms with Crippen molar-refractivity contribution in [3.05, 3.63) is 65.2 Å². The van der Waals surface area contributed by atoms with Crippen LogP contribution in [0, 0.1) is 0 Å². The largest absolute Gasteiger partial charge is 0.308 e. The highest BCUT2D eigenvalue weighted by Gasteiger charge is 2.28. The molecule has 0 atom stereocenters. The SMILES string of the molecule is CC(C)n1ncc2c(C(=O)N3CCc4ccccc43)cc(-c3cccs3)nc21. The maximum Gasteiger partial charge on any atom is 0.259 e. The van der Waals surface area contributed by atoms with Crippen molar-refractivity contribution in [3.8, 4) is 10.6 Å². The molecule has 0 saturated heterocycles. The second-order valence-electron chi connectivity index (χ2n) is 7.29. The Labute approximate surface area is 167 Å². The van der Waals surface area contributed by atoms with E-state index in [1.165, 1.54) is 5.56 Å². The highest BCUT2D eigenvalue weighted by molar-refractivity contribution is 7.13. The van der Waals surface area contributed by atoms with E-state index in [1.807, 2.05) is 51.4 Å². The van der Waals surface area contributed by atoms with E-state index < -0.39 is 0 Å². The number of hydrogen-bond donors (Lipinski definition) is 0. The van der Waals surface area contributed by atoms with E-state index in [1.54, 1.807) is 17.5 Å². The normalized spacial score (nSPS) is 13.5. The highest BCUT2D eigenvalue weighted by atomic mass is 32.1. The number of pyridine rings is 1. The number of hydrogen-bond acceptors (Lipinski definition) is 4. The molecule has 0 spiro atoms. The van der Waals surface area contributed by atoms with E-state index in [0.717, 1.165) is 33.7 Å². The van der Waals surface area contributed by atoms with Crippen LogP contribution >= 0.6 is 11.3 Å². The zero-order chi connectivity index (χ0) is 19.3. The first-order valence-corrected chi connectivity index (χ1v) is 10.3. The lowest BCUT2D eigenvalue weighted by Crippen LogP contribution is -2.29. The molecule has 3 aromatic heterocycles. The van der Waals surface area contributed by atoms with Gasteiger partial charge in [-0.2, -0.15) is 5.10 Å². The van der Waals surface area contributed by atoms with Crippen LogP contribution in [0.1, 0.15) is 35.8 Å². The molecule has 0 unspecified atom stereocenters. The number of para-hydroxylation sites is 1. The van der Waals surface area contributed by atoms with Crippen LogP contribution < -0.4 is 4.90 Å². The van der Waals surface area contributed by atoms with E-state index >= 15 is 0 Å². The fourth-order valence-corrected chi connectivity index (χ4v) is 4.50. The van der Waals surface area contributed by atoms with Crippen LogP contribution in [0.15, 0.2) is 54.0 Å². The Hall–Kier alpha value is -2.99. The van der Waals surface area contributed by atoms with E-state index in [9.17, 15) is 4.79 Å². The molecule has 0 radical (unpaired) electrons. The van der Waals surface area contributed by atoms with Crippen molar-refractivity contribution in [2.24, 2.45) is 0 Å². The standard InChI is InChI=1S/C22H20N4OS/c1-14(2)26-21-17(13-23-26)16(12-18(24-21)20-8-5-11-28-20)22(27)25-10-9-15-6-3-4-7-19(15)25/h3-8,11-14H,9-10H2,1-2H3. The molecule has 0 bridgehead atoms. The molecule has 6 heteroatoms. The lowest BCUT2D eigenvalue weighted by Gasteiger charge is -2.18. The van der Waals surface area contributed by atoms with Crippen LogP contribution in [0.4, 0.5) is 5.69 Å². The molecular weight excluding hydrogens is 368 g/mol. The van der Waals surface area contributed by atoms with Gasteiger partial charge in [0.2, 0.25) is 0 Å². The number of amides is 1. The Balaban J connectivity index is 1.69. The Morgan fingerprint density at radius 2 is 2.04 bits per heavy atom. The number of thiophene rings is 1. The third-order valence-electron chi connectivity index (χ3n) is 5.19. The molecule has 4 heterocycles. The predicted molar refractivity (Wildman–Crippen MR) is 113 cm³/mol. The van der Waals surface area contributed by atoms with Gasteiger partial charge < -0.3 is 4.90 Å². The van der Waals surface area contributed by atoms with Gasteiger partial charge in [-0.05, 0) is 49.4 Å². The smallest absolute Gasteiger partial charge is 0.259 e. The summed E-state index contributed by atoms with van der Waals surface area (Å²) in [6.45, 7) is 4.85. The monoisotopic (exact) mass is 388 g/mol. The number of benzene rings is 1. The van der Waals surface area contributed by atoms with E-state index in [0.29, 0.717) is 12.1 Å². The Bertz CT molecular complexity index is 1180. The summed E-state index contributed by atoms with van der Waals surface area (Å²) in [5.41, 5.74) is 4.47. The van der Waals surface area contributed by atoms with Gasteiger partial charge in [0, 0.05) is 18.3 Å². The van der Waals surface area contributed by atoms with Gasteiger partial charge >= 0.3 is 0 Å². The van der Waals surface area contributed by atoms with E-state index in [2.05, 4.69) is 25.0 Å². The number of rotatable bonds is 3. The first kappa shape index (κ1) is 17.1. The van der Waals surface area contributed by atoms with Crippen molar-refractivity contribution in [3.63, 3.8) is 0 Å². The lowest BCUT2D eigenvalue weighted by molar-refractivity contribution is 0.0991. The first-order chi connectivity index (χ1) is 13.6. The number of fused-ring (bicyclic) bond motifs is 2. The molecule has 5 rings (SSSR count). The zero-order valence-electron chi connectivity index (χ0n) is 15.8. The van der Waals surface area contributed by atoms with Gasteiger partial charge in [-0.25, -0.2) is 9.67 Å². The third kappa shape index (κ3) is 2.64. The van der Waals surface area contributed by atoms with Gasteiger partial charge in [0.15, 0.2) is 5.65 Å².